The van der Waals surface area contributed by atoms with Gasteiger partial charge in [-0.2, -0.15) is 4.31 Å². The molecule has 1 aliphatic rings. The number of morpholine rings is 1. The highest BCUT2D eigenvalue weighted by Gasteiger charge is 2.31. The fourth-order valence-electron chi connectivity index (χ4n) is 2.19. The van der Waals surface area contributed by atoms with Crippen LogP contribution in [0, 0.1) is 0 Å². The molecule has 0 amide bonds. The first-order valence-electron chi connectivity index (χ1n) is 6.47. The summed E-state index contributed by atoms with van der Waals surface area (Å²) in [6.45, 7) is 3.10. The van der Waals surface area contributed by atoms with Gasteiger partial charge in [0.2, 0.25) is 10.0 Å². The van der Waals surface area contributed by atoms with Gasteiger partial charge < -0.3 is 10.5 Å². The van der Waals surface area contributed by atoms with Gasteiger partial charge in [-0.15, -0.1) is 0 Å². The Morgan fingerprint density at radius 2 is 2.20 bits per heavy atom. The lowest BCUT2D eigenvalue weighted by Gasteiger charge is -2.32. The second-order valence-corrected chi connectivity index (χ2v) is 6.97. The predicted molar refractivity (Wildman–Crippen MR) is 81.1 cm³/mol. The average Bonchev–Trinajstić information content (AvgIpc) is 2.47. The van der Waals surface area contributed by atoms with Gasteiger partial charge in [0.05, 0.1) is 17.6 Å². The van der Waals surface area contributed by atoms with Crippen LogP contribution in [0.1, 0.15) is 18.9 Å². The summed E-state index contributed by atoms with van der Waals surface area (Å²) >= 11 is 4.94. The highest BCUT2D eigenvalue weighted by molar-refractivity contribution is 7.89. The number of sulfonamides is 1. The molecule has 1 aliphatic heterocycles. The second kappa shape index (κ2) is 6.17. The molecule has 1 unspecified atom stereocenters. The number of hydrogen-bond donors (Lipinski definition) is 1. The van der Waals surface area contributed by atoms with Crippen LogP contribution in [0.2, 0.25) is 0 Å². The molecular weight excluding hydrogens is 296 g/mol. The topological polar surface area (TPSA) is 72.6 Å². The average molecular weight is 314 g/mol. The first kappa shape index (κ1) is 15.4. The third-order valence-corrected chi connectivity index (χ3v) is 5.47. The van der Waals surface area contributed by atoms with E-state index in [4.69, 9.17) is 22.7 Å². The number of thiocarbonyl (C=S) groups is 1. The smallest absolute Gasteiger partial charge is 0.243 e. The summed E-state index contributed by atoms with van der Waals surface area (Å²) in [5.41, 5.74) is 6.01. The summed E-state index contributed by atoms with van der Waals surface area (Å²) < 4.78 is 32.4. The zero-order valence-corrected chi connectivity index (χ0v) is 12.9. The maximum atomic E-state index is 12.7. The zero-order chi connectivity index (χ0) is 14.8. The van der Waals surface area contributed by atoms with Gasteiger partial charge >= 0.3 is 0 Å². The highest BCUT2D eigenvalue weighted by atomic mass is 32.2. The van der Waals surface area contributed by atoms with Crippen molar-refractivity contribution in [3.05, 3.63) is 29.8 Å². The van der Waals surface area contributed by atoms with Crippen LogP contribution >= 0.6 is 12.2 Å². The number of benzene rings is 1. The van der Waals surface area contributed by atoms with Gasteiger partial charge in [-0.3, -0.25) is 0 Å². The lowest BCUT2D eigenvalue weighted by atomic mass is 10.2. The summed E-state index contributed by atoms with van der Waals surface area (Å²) in [5, 5.41) is 0. The molecule has 1 saturated heterocycles. The number of nitrogens with zero attached hydrogens (tertiary/aromatic N) is 1. The van der Waals surface area contributed by atoms with Crippen molar-refractivity contribution in [1.29, 1.82) is 0 Å². The molecule has 0 aliphatic carbocycles. The van der Waals surface area contributed by atoms with Crippen molar-refractivity contribution in [1.82, 2.24) is 4.31 Å². The molecule has 1 fully saturated rings. The SMILES string of the molecule is CCC1CN(S(=O)(=O)c2ccccc2C(N)=S)CCO1. The quantitative estimate of drug-likeness (QED) is 0.843. The van der Waals surface area contributed by atoms with E-state index in [1.165, 1.54) is 4.31 Å². The zero-order valence-electron chi connectivity index (χ0n) is 11.3. The normalized spacial score (nSPS) is 20.8. The molecule has 0 radical (unpaired) electrons. The van der Waals surface area contributed by atoms with Crippen molar-refractivity contribution in [3.63, 3.8) is 0 Å². The summed E-state index contributed by atoms with van der Waals surface area (Å²) in [6, 6.07) is 6.57. The van der Waals surface area contributed by atoms with Crippen LogP contribution in [0.25, 0.3) is 0 Å². The molecule has 0 aromatic heterocycles. The third kappa shape index (κ3) is 3.01. The first-order chi connectivity index (χ1) is 9.46. The van der Waals surface area contributed by atoms with Crippen LogP contribution in [0.15, 0.2) is 29.2 Å². The van der Waals surface area contributed by atoms with Gasteiger partial charge in [0.15, 0.2) is 0 Å². The molecule has 2 rings (SSSR count). The molecular formula is C13H18N2O3S2. The molecule has 5 nitrogen and oxygen atoms in total. The summed E-state index contributed by atoms with van der Waals surface area (Å²) in [5.74, 6) is 0. The fourth-order valence-corrected chi connectivity index (χ4v) is 4.10. The molecule has 20 heavy (non-hydrogen) atoms. The Labute approximate surface area is 124 Å². The summed E-state index contributed by atoms with van der Waals surface area (Å²) in [6.07, 6.45) is 0.721. The minimum Gasteiger partial charge on any atom is -0.389 e. The molecule has 110 valence electrons. The van der Waals surface area contributed by atoms with Gasteiger partial charge in [-0.25, -0.2) is 8.42 Å². The summed E-state index contributed by atoms with van der Waals surface area (Å²) in [7, 11) is -3.59. The van der Waals surface area contributed by atoms with Crippen LogP contribution in [0.4, 0.5) is 0 Å². The molecule has 1 aromatic rings. The number of ether oxygens (including phenoxy) is 1. The molecule has 0 bridgehead atoms. The van der Waals surface area contributed by atoms with Crippen LogP contribution in [0.3, 0.4) is 0 Å². The molecule has 1 atom stereocenters. The largest absolute Gasteiger partial charge is 0.389 e. The van der Waals surface area contributed by atoms with Crippen molar-refractivity contribution in [2.75, 3.05) is 19.7 Å². The molecule has 0 saturated carbocycles. The first-order valence-corrected chi connectivity index (χ1v) is 8.32. The van der Waals surface area contributed by atoms with Gasteiger partial charge in [-0.1, -0.05) is 37.3 Å². The van der Waals surface area contributed by atoms with Crippen molar-refractivity contribution in [2.24, 2.45) is 5.73 Å². The number of hydrogen-bond acceptors (Lipinski definition) is 4. The Kier molecular flexibility index (Phi) is 4.74. The van der Waals surface area contributed by atoms with E-state index in [0.29, 0.717) is 25.3 Å². The van der Waals surface area contributed by atoms with Crippen molar-refractivity contribution in [2.45, 2.75) is 24.3 Å². The predicted octanol–water partition coefficient (Wildman–Crippen LogP) is 1.12. The van der Waals surface area contributed by atoms with E-state index in [1.54, 1.807) is 24.3 Å². The van der Waals surface area contributed by atoms with Gasteiger partial charge in [0.1, 0.15) is 4.99 Å². The van der Waals surface area contributed by atoms with Gasteiger partial charge in [0, 0.05) is 18.7 Å². The molecule has 1 aromatic carbocycles. The van der Waals surface area contributed by atoms with Crippen LogP contribution < -0.4 is 5.73 Å². The maximum absolute atomic E-state index is 12.7. The van der Waals surface area contributed by atoms with E-state index in [-0.39, 0.29) is 16.0 Å². The van der Waals surface area contributed by atoms with Crippen LogP contribution in [0.5, 0.6) is 0 Å². The maximum Gasteiger partial charge on any atom is 0.243 e. The van der Waals surface area contributed by atoms with E-state index in [9.17, 15) is 8.42 Å². The van der Waals surface area contributed by atoms with Crippen LogP contribution in [-0.2, 0) is 14.8 Å². The number of rotatable bonds is 4. The van der Waals surface area contributed by atoms with Crippen molar-refractivity contribution in [3.8, 4) is 0 Å². The minimum atomic E-state index is -3.59. The van der Waals surface area contributed by atoms with Gasteiger partial charge in [0.25, 0.3) is 0 Å². The third-order valence-electron chi connectivity index (χ3n) is 3.33. The highest BCUT2D eigenvalue weighted by Crippen LogP contribution is 2.22. The Bertz CT molecular complexity index is 601. The standard InChI is InChI=1S/C13H18N2O3S2/c1-2-10-9-15(7-8-18-10)20(16,17)12-6-4-3-5-11(12)13(14)19/h3-6,10H,2,7-9H2,1H3,(H2,14,19). The van der Waals surface area contributed by atoms with E-state index < -0.39 is 10.0 Å². The Balaban J connectivity index is 2.38. The van der Waals surface area contributed by atoms with Crippen LogP contribution in [-0.4, -0.2) is 43.5 Å². The molecule has 2 N–H and O–H groups in total. The van der Waals surface area contributed by atoms with E-state index in [0.717, 1.165) is 6.42 Å². The molecule has 7 heteroatoms. The van der Waals surface area contributed by atoms with Crippen molar-refractivity contribution >= 4 is 27.2 Å². The number of nitrogens with two attached hydrogens (primary N) is 1. The summed E-state index contributed by atoms with van der Waals surface area (Å²) in [4.78, 5) is 0.258. The van der Waals surface area contributed by atoms with E-state index in [1.807, 2.05) is 6.92 Å². The second-order valence-electron chi connectivity index (χ2n) is 4.62. The Morgan fingerprint density at radius 1 is 1.50 bits per heavy atom. The van der Waals surface area contributed by atoms with E-state index >= 15 is 0 Å². The van der Waals surface area contributed by atoms with Gasteiger partial charge in [-0.05, 0) is 12.5 Å². The lowest BCUT2D eigenvalue weighted by Crippen LogP contribution is -2.45. The Hall–Kier alpha value is -1.02. The van der Waals surface area contributed by atoms with E-state index in [2.05, 4.69) is 0 Å². The lowest BCUT2D eigenvalue weighted by molar-refractivity contribution is -0.00278. The monoisotopic (exact) mass is 314 g/mol. The fraction of sp³-hybridized carbons (Fsp3) is 0.462. The minimum absolute atomic E-state index is 0.0597. The van der Waals surface area contributed by atoms with Crippen molar-refractivity contribution < 1.29 is 13.2 Å². The Morgan fingerprint density at radius 3 is 2.85 bits per heavy atom. The molecule has 0 spiro atoms. The molecule has 1 heterocycles.